The van der Waals surface area contributed by atoms with Crippen molar-refractivity contribution < 1.29 is 0 Å². The summed E-state index contributed by atoms with van der Waals surface area (Å²) in [5.74, 6) is 0. The summed E-state index contributed by atoms with van der Waals surface area (Å²) in [6.45, 7) is 4.64. The molecular formula is C26H46S2Sn2. The van der Waals surface area contributed by atoms with Gasteiger partial charge in [-0.25, -0.2) is 0 Å². The number of thiophene rings is 2. The van der Waals surface area contributed by atoms with Crippen LogP contribution < -0.4 is 5.79 Å². The van der Waals surface area contributed by atoms with Crippen LogP contribution in [0, 0.1) is 0 Å². The average Bonchev–Trinajstić information content (AvgIpc) is 3.26. The quantitative estimate of drug-likeness (QED) is 0.149. The Hall–Kier alpha value is 0.997. The fraction of sp³-hybridized carbons (Fsp3) is 0.692. The molecule has 2 rings (SSSR count). The van der Waals surface area contributed by atoms with E-state index in [2.05, 4.69) is 78.3 Å². The van der Waals surface area contributed by atoms with Gasteiger partial charge in [0.2, 0.25) is 0 Å². The van der Waals surface area contributed by atoms with Crippen LogP contribution in [0.5, 0.6) is 0 Å². The van der Waals surface area contributed by atoms with Gasteiger partial charge in [-0.2, -0.15) is 0 Å². The maximum absolute atomic E-state index is 2.66. The van der Waals surface area contributed by atoms with Crippen LogP contribution in [0.3, 0.4) is 0 Å². The number of rotatable bonds is 13. The van der Waals surface area contributed by atoms with E-state index in [0.29, 0.717) is 0 Å². The molecular weight excluding hydrogens is 614 g/mol. The van der Waals surface area contributed by atoms with Crippen molar-refractivity contribution >= 4 is 65.2 Å². The first kappa shape index (κ1) is 27.2. The van der Waals surface area contributed by atoms with Crippen molar-refractivity contribution in [1.29, 1.82) is 0 Å². The third kappa shape index (κ3) is 8.09. The minimum atomic E-state index is -2.06. The zero-order valence-corrected chi connectivity index (χ0v) is 28.4. The molecule has 30 heavy (non-hydrogen) atoms. The van der Waals surface area contributed by atoms with Crippen molar-refractivity contribution in [3.05, 3.63) is 23.3 Å². The first-order valence-electron chi connectivity index (χ1n) is 12.3. The average molecular weight is 660 g/mol. The van der Waals surface area contributed by atoms with Crippen LogP contribution >= 0.6 is 22.7 Å². The molecule has 0 fully saturated rings. The molecule has 0 amide bonds. The van der Waals surface area contributed by atoms with E-state index < -0.39 is 36.8 Å². The number of aryl methyl sites for hydroxylation is 2. The summed E-state index contributed by atoms with van der Waals surface area (Å²) >= 11 is 0.272. The molecule has 0 bridgehead atoms. The molecule has 0 aliphatic heterocycles. The molecule has 0 saturated heterocycles. The van der Waals surface area contributed by atoms with E-state index in [4.69, 9.17) is 0 Å². The number of hydrogen-bond donors (Lipinski definition) is 0. The van der Waals surface area contributed by atoms with E-state index in [-0.39, 0.29) is 0 Å². The standard InChI is InChI=1S/C20H28S2.6CH3.2Sn/c1-3-5-7-9-11-17-13-15-21-19(17)20-18(14-16-22-20)12-10-8-6-4-2;;;;;;;;/h13-14H,3-12H2,1-2H3;6*1H3;;. The number of hydrogen-bond acceptors (Lipinski definition) is 2. The second-order valence-electron chi connectivity index (χ2n) is 11.1. The topological polar surface area (TPSA) is 0 Å². The summed E-state index contributed by atoms with van der Waals surface area (Å²) in [6, 6.07) is 5.31. The maximum atomic E-state index is 2.66. The van der Waals surface area contributed by atoms with Crippen molar-refractivity contribution in [3.63, 3.8) is 0 Å². The van der Waals surface area contributed by atoms with Crippen LogP contribution in [0.2, 0.25) is 29.6 Å². The predicted octanol–water partition coefficient (Wildman–Crippen LogP) is 8.81. The monoisotopic (exact) mass is 662 g/mol. The molecule has 0 aliphatic rings. The normalized spacial score (nSPS) is 12.7. The second-order valence-corrected chi connectivity index (χ2v) is 44.0. The molecule has 4 heteroatoms. The van der Waals surface area contributed by atoms with E-state index in [1.165, 1.54) is 64.2 Å². The molecule has 0 aliphatic carbocycles. The van der Waals surface area contributed by atoms with E-state index in [1.807, 2.05) is 0 Å². The fourth-order valence-electron chi connectivity index (χ4n) is 3.84. The Kier molecular flexibility index (Phi) is 11.3. The van der Waals surface area contributed by atoms with Gasteiger partial charge in [0.1, 0.15) is 0 Å². The Labute approximate surface area is 204 Å². The molecule has 0 radical (unpaired) electrons. The van der Waals surface area contributed by atoms with Crippen LogP contribution in [0.25, 0.3) is 9.75 Å². The molecule has 0 N–H and O–H groups in total. The SMILES string of the molecule is CCCCCCc1c[c]([Sn]([CH3])([CH3])[CH3])sc1-c1s[c]([Sn]([CH3])([CH3])[CH3])cc1CCCCCC. The first-order chi connectivity index (χ1) is 14.1. The zero-order valence-electron chi connectivity index (χ0n) is 21.0. The fourth-order valence-corrected chi connectivity index (χ4v) is 17.0. The Morgan fingerprint density at radius 2 is 0.933 bits per heavy atom. The first-order valence-corrected chi connectivity index (χ1v) is 34.0. The third-order valence-electron chi connectivity index (χ3n) is 5.90. The Morgan fingerprint density at radius 3 is 1.23 bits per heavy atom. The second kappa shape index (κ2) is 12.5. The molecule has 170 valence electrons. The van der Waals surface area contributed by atoms with Gasteiger partial charge in [-0.05, 0) is 0 Å². The van der Waals surface area contributed by atoms with Crippen LogP contribution in [0.1, 0.15) is 76.3 Å². The molecule has 0 nitrogen and oxygen atoms in total. The van der Waals surface area contributed by atoms with Crippen molar-refractivity contribution in [1.82, 2.24) is 0 Å². The summed E-state index contributed by atoms with van der Waals surface area (Å²) in [7, 11) is 0. The molecule has 2 aromatic heterocycles. The van der Waals surface area contributed by atoms with E-state index in [9.17, 15) is 0 Å². The van der Waals surface area contributed by atoms with Crippen molar-refractivity contribution in [2.45, 2.75) is 108 Å². The van der Waals surface area contributed by atoms with Gasteiger partial charge in [0.15, 0.2) is 0 Å². The van der Waals surface area contributed by atoms with Gasteiger partial charge in [0.05, 0.1) is 0 Å². The Balaban J connectivity index is 2.42. The summed E-state index contributed by atoms with van der Waals surface area (Å²) in [5.41, 5.74) is 3.37. The molecule has 0 saturated carbocycles. The summed E-state index contributed by atoms with van der Waals surface area (Å²) in [5, 5.41) is 0. The van der Waals surface area contributed by atoms with Crippen molar-refractivity contribution in [2.75, 3.05) is 0 Å². The van der Waals surface area contributed by atoms with Crippen LogP contribution in [0.4, 0.5) is 0 Å². The van der Waals surface area contributed by atoms with Crippen molar-refractivity contribution in [2.24, 2.45) is 0 Å². The minimum absolute atomic E-state index is 1.29. The zero-order chi connectivity index (χ0) is 22.4. The number of unbranched alkanes of at least 4 members (excludes halogenated alkanes) is 6. The third-order valence-corrected chi connectivity index (χ3v) is 27.3. The summed E-state index contributed by atoms with van der Waals surface area (Å²) in [4.78, 5) is 18.9. The molecule has 0 aromatic carbocycles. The van der Waals surface area contributed by atoms with E-state index in [0.717, 1.165) is 0 Å². The molecule has 0 unspecified atom stereocenters. The Bertz CT molecular complexity index is 706. The van der Waals surface area contributed by atoms with Gasteiger partial charge >= 0.3 is 206 Å². The van der Waals surface area contributed by atoms with Gasteiger partial charge in [-0.15, -0.1) is 0 Å². The predicted molar refractivity (Wildman–Crippen MR) is 149 cm³/mol. The van der Waals surface area contributed by atoms with Gasteiger partial charge in [-0.1, -0.05) is 0 Å². The Morgan fingerprint density at radius 1 is 0.567 bits per heavy atom. The van der Waals surface area contributed by atoms with Crippen LogP contribution in [-0.2, 0) is 12.8 Å². The molecule has 0 atom stereocenters. The summed E-state index contributed by atoms with van der Waals surface area (Å²) in [6.07, 6.45) is 13.5. The molecule has 2 heterocycles. The van der Waals surface area contributed by atoms with Crippen molar-refractivity contribution in [3.8, 4) is 9.75 Å². The van der Waals surface area contributed by atoms with Gasteiger partial charge < -0.3 is 0 Å². The molecule has 0 spiro atoms. The van der Waals surface area contributed by atoms with E-state index in [1.54, 1.807) is 26.7 Å². The van der Waals surface area contributed by atoms with Crippen LogP contribution in [0.15, 0.2) is 12.1 Å². The summed E-state index contributed by atoms with van der Waals surface area (Å²) < 4.78 is 3.55. The van der Waals surface area contributed by atoms with Gasteiger partial charge in [-0.3, -0.25) is 0 Å². The van der Waals surface area contributed by atoms with E-state index >= 15 is 0 Å². The van der Waals surface area contributed by atoms with Gasteiger partial charge in [0.25, 0.3) is 0 Å². The van der Waals surface area contributed by atoms with Gasteiger partial charge in [0, 0.05) is 0 Å². The van der Waals surface area contributed by atoms with Crippen LogP contribution in [-0.4, -0.2) is 36.8 Å². The molecule has 2 aromatic rings.